The summed E-state index contributed by atoms with van der Waals surface area (Å²) in [6, 6.07) is 8.08. The topological polar surface area (TPSA) is 71.9 Å². The Balaban J connectivity index is 1.61. The van der Waals surface area contributed by atoms with Crippen LogP contribution in [0.15, 0.2) is 24.3 Å². The van der Waals surface area contributed by atoms with Gasteiger partial charge < -0.3 is 20.3 Å². The van der Waals surface area contributed by atoms with Gasteiger partial charge in [-0.1, -0.05) is 38.1 Å². The number of hydrogen-bond acceptors (Lipinski definition) is 3. The van der Waals surface area contributed by atoms with Crippen LogP contribution < -0.4 is 15.5 Å². The standard InChI is InChI=1S/C19H29N3O3/c1-15(2)17-6-4-16(5-7-17)14-21-19(24)18(23)20-8-3-9-22-10-12-25-13-11-22/h4-7,15H,3,8-14H2,1-2H3,(H,20,23)(H,21,24)/p+1. The Morgan fingerprint density at radius 2 is 1.72 bits per heavy atom. The number of rotatable bonds is 7. The van der Waals surface area contributed by atoms with E-state index in [1.165, 1.54) is 10.5 Å². The number of hydrogen-bond donors (Lipinski definition) is 3. The Bertz CT molecular complexity index is 552. The van der Waals surface area contributed by atoms with Gasteiger partial charge in [-0.15, -0.1) is 0 Å². The van der Waals surface area contributed by atoms with Crippen LogP contribution in [0.3, 0.4) is 0 Å². The Labute approximate surface area is 149 Å². The van der Waals surface area contributed by atoms with Crippen LogP contribution in [0, 0.1) is 0 Å². The number of carbonyl (C=O) groups is 2. The van der Waals surface area contributed by atoms with Gasteiger partial charge >= 0.3 is 11.8 Å². The van der Waals surface area contributed by atoms with Gasteiger partial charge in [0.05, 0.1) is 19.8 Å². The first-order chi connectivity index (χ1) is 12.1. The van der Waals surface area contributed by atoms with Crippen LogP contribution >= 0.6 is 0 Å². The molecule has 1 aromatic rings. The molecule has 0 aliphatic carbocycles. The number of carbonyl (C=O) groups excluding carboxylic acids is 2. The van der Waals surface area contributed by atoms with E-state index in [-0.39, 0.29) is 0 Å². The van der Waals surface area contributed by atoms with Gasteiger partial charge in [-0.2, -0.15) is 0 Å². The molecule has 1 aliphatic heterocycles. The first-order valence-electron chi connectivity index (χ1n) is 9.12. The molecule has 0 unspecified atom stereocenters. The zero-order valence-electron chi connectivity index (χ0n) is 15.3. The minimum absolute atomic E-state index is 0.364. The van der Waals surface area contributed by atoms with Gasteiger partial charge in [-0.05, 0) is 17.0 Å². The second-order valence-corrected chi connectivity index (χ2v) is 6.80. The third kappa shape index (κ3) is 6.84. The third-order valence-electron chi connectivity index (χ3n) is 4.50. The van der Waals surface area contributed by atoms with Gasteiger partial charge in [0.15, 0.2) is 0 Å². The summed E-state index contributed by atoms with van der Waals surface area (Å²) in [5.41, 5.74) is 2.25. The van der Waals surface area contributed by atoms with E-state index in [9.17, 15) is 9.59 Å². The van der Waals surface area contributed by atoms with E-state index in [0.29, 0.717) is 19.0 Å². The summed E-state index contributed by atoms with van der Waals surface area (Å²) in [6.45, 7) is 9.82. The fraction of sp³-hybridized carbons (Fsp3) is 0.579. The van der Waals surface area contributed by atoms with Crippen molar-refractivity contribution in [2.75, 3.05) is 39.4 Å². The molecule has 0 aromatic heterocycles. The number of benzene rings is 1. The van der Waals surface area contributed by atoms with E-state index < -0.39 is 11.8 Å². The molecule has 0 spiro atoms. The van der Waals surface area contributed by atoms with Gasteiger partial charge in [0.2, 0.25) is 0 Å². The predicted molar refractivity (Wildman–Crippen MR) is 96.4 cm³/mol. The summed E-state index contributed by atoms with van der Waals surface area (Å²) < 4.78 is 5.31. The average molecular weight is 348 g/mol. The summed E-state index contributed by atoms with van der Waals surface area (Å²) in [4.78, 5) is 25.1. The minimum atomic E-state index is -0.577. The molecule has 0 saturated carbocycles. The summed E-state index contributed by atoms with van der Waals surface area (Å²) in [6.07, 6.45) is 0.866. The summed E-state index contributed by atoms with van der Waals surface area (Å²) in [7, 11) is 0. The normalized spacial score (nSPS) is 15.2. The van der Waals surface area contributed by atoms with Crippen molar-refractivity contribution in [3.63, 3.8) is 0 Å². The lowest BCUT2D eigenvalue weighted by atomic mass is 10.0. The second-order valence-electron chi connectivity index (χ2n) is 6.80. The van der Waals surface area contributed by atoms with Crippen molar-refractivity contribution in [3.8, 4) is 0 Å². The van der Waals surface area contributed by atoms with E-state index in [0.717, 1.165) is 44.8 Å². The van der Waals surface area contributed by atoms with Crippen LogP contribution in [0.25, 0.3) is 0 Å². The highest BCUT2D eigenvalue weighted by molar-refractivity contribution is 6.35. The first-order valence-corrected chi connectivity index (χ1v) is 9.12. The van der Waals surface area contributed by atoms with E-state index in [1.54, 1.807) is 0 Å². The van der Waals surface area contributed by atoms with Crippen LogP contribution in [-0.2, 0) is 20.9 Å². The highest BCUT2D eigenvalue weighted by Crippen LogP contribution is 2.14. The maximum Gasteiger partial charge on any atom is 0.309 e. The summed E-state index contributed by atoms with van der Waals surface area (Å²) in [5, 5.41) is 5.35. The van der Waals surface area contributed by atoms with Crippen LogP contribution in [0.1, 0.15) is 37.3 Å². The number of nitrogens with one attached hydrogen (secondary N) is 3. The van der Waals surface area contributed by atoms with Gasteiger partial charge in [0, 0.05) is 19.5 Å². The summed E-state index contributed by atoms with van der Waals surface area (Å²) in [5.74, 6) is -0.656. The maximum atomic E-state index is 11.8. The Morgan fingerprint density at radius 1 is 1.08 bits per heavy atom. The molecular formula is C19H30N3O3+. The Kier molecular flexibility index (Phi) is 7.88. The van der Waals surface area contributed by atoms with Crippen molar-refractivity contribution < 1.29 is 19.2 Å². The molecule has 0 atom stereocenters. The first kappa shape index (κ1) is 19.4. The highest BCUT2D eigenvalue weighted by atomic mass is 16.5. The fourth-order valence-electron chi connectivity index (χ4n) is 2.81. The molecule has 1 aromatic carbocycles. The zero-order valence-corrected chi connectivity index (χ0v) is 15.3. The minimum Gasteiger partial charge on any atom is -0.370 e. The van der Waals surface area contributed by atoms with E-state index in [4.69, 9.17) is 4.74 Å². The van der Waals surface area contributed by atoms with Gasteiger partial charge in [0.25, 0.3) is 0 Å². The Hall–Kier alpha value is -1.92. The molecule has 0 bridgehead atoms. The molecule has 6 nitrogen and oxygen atoms in total. The molecule has 1 aliphatic rings. The molecule has 138 valence electrons. The van der Waals surface area contributed by atoms with Crippen LogP contribution in [-0.4, -0.2) is 51.2 Å². The highest BCUT2D eigenvalue weighted by Gasteiger charge is 2.15. The van der Waals surface area contributed by atoms with Crippen LogP contribution in [0.4, 0.5) is 0 Å². The van der Waals surface area contributed by atoms with Crippen LogP contribution in [0.5, 0.6) is 0 Å². The zero-order chi connectivity index (χ0) is 18.1. The lowest BCUT2D eigenvalue weighted by Gasteiger charge is -2.23. The molecule has 2 amide bonds. The maximum absolute atomic E-state index is 11.8. The van der Waals surface area contributed by atoms with E-state index in [1.807, 2.05) is 12.1 Å². The van der Waals surface area contributed by atoms with Gasteiger partial charge in [0.1, 0.15) is 13.1 Å². The van der Waals surface area contributed by atoms with Gasteiger partial charge in [-0.3, -0.25) is 9.59 Å². The predicted octanol–water partition coefficient (Wildman–Crippen LogP) is -0.152. The lowest BCUT2D eigenvalue weighted by molar-refractivity contribution is -0.908. The van der Waals surface area contributed by atoms with Crippen molar-refractivity contribution in [2.24, 2.45) is 0 Å². The van der Waals surface area contributed by atoms with Gasteiger partial charge in [-0.25, -0.2) is 0 Å². The average Bonchev–Trinajstić information content (AvgIpc) is 2.64. The molecule has 2 rings (SSSR count). The van der Waals surface area contributed by atoms with Crippen molar-refractivity contribution >= 4 is 11.8 Å². The fourth-order valence-corrected chi connectivity index (χ4v) is 2.81. The molecule has 0 radical (unpaired) electrons. The number of quaternary nitrogens is 1. The number of morpholine rings is 1. The second kappa shape index (κ2) is 10.2. The van der Waals surface area contributed by atoms with Crippen molar-refractivity contribution in [3.05, 3.63) is 35.4 Å². The number of ether oxygens (including phenoxy) is 1. The monoisotopic (exact) mass is 348 g/mol. The number of amides is 2. The molecular weight excluding hydrogens is 318 g/mol. The molecule has 1 fully saturated rings. The van der Waals surface area contributed by atoms with E-state index >= 15 is 0 Å². The third-order valence-corrected chi connectivity index (χ3v) is 4.50. The quantitative estimate of drug-likeness (QED) is 0.474. The van der Waals surface area contributed by atoms with Crippen molar-refractivity contribution in [1.82, 2.24) is 10.6 Å². The molecule has 1 heterocycles. The van der Waals surface area contributed by atoms with Crippen molar-refractivity contribution in [1.29, 1.82) is 0 Å². The summed E-state index contributed by atoms with van der Waals surface area (Å²) >= 11 is 0. The van der Waals surface area contributed by atoms with Crippen LogP contribution in [0.2, 0.25) is 0 Å². The largest absolute Gasteiger partial charge is 0.370 e. The SMILES string of the molecule is CC(C)c1ccc(CNC(=O)C(=O)NCCC[NH+]2CCOCC2)cc1. The van der Waals surface area contributed by atoms with E-state index in [2.05, 4.69) is 36.6 Å². The Morgan fingerprint density at radius 3 is 2.36 bits per heavy atom. The molecule has 3 N–H and O–H groups in total. The molecule has 1 saturated heterocycles. The smallest absolute Gasteiger partial charge is 0.309 e. The van der Waals surface area contributed by atoms with Crippen molar-refractivity contribution in [2.45, 2.75) is 32.7 Å². The molecule has 6 heteroatoms. The molecule has 25 heavy (non-hydrogen) atoms. The lowest BCUT2D eigenvalue weighted by Crippen LogP contribution is -3.14.